The second-order valence-electron chi connectivity index (χ2n) is 6.55. The van der Waals surface area contributed by atoms with E-state index in [0.29, 0.717) is 11.4 Å². The van der Waals surface area contributed by atoms with Gasteiger partial charge in [-0.25, -0.2) is 18.7 Å². The zero-order valence-electron chi connectivity index (χ0n) is 16.4. The Labute approximate surface area is 177 Å². The van der Waals surface area contributed by atoms with E-state index in [0.717, 1.165) is 59.5 Å². The summed E-state index contributed by atoms with van der Waals surface area (Å²) >= 11 is 3.50. The molecule has 0 saturated carbocycles. The Morgan fingerprint density at radius 2 is 1.79 bits per heavy atom. The summed E-state index contributed by atoms with van der Waals surface area (Å²) in [7, 11) is 0. The molecular weight excluding hydrogens is 438 g/mol. The lowest BCUT2D eigenvalue weighted by Gasteiger charge is -2.18. The van der Waals surface area contributed by atoms with Gasteiger partial charge in [-0.2, -0.15) is 0 Å². The molecule has 1 aromatic heterocycles. The Bertz CT molecular complexity index is 1020. The third-order valence-corrected chi connectivity index (χ3v) is 5.15. The number of rotatable bonds is 8. The molecule has 0 atom stereocenters. The Kier molecular flexibility index (Phi) is 7.28. The van der Waals surface area contributed by atoms with Gasteiger partial charge in [-0.3, -0.25) is 0 Å². The lowest BCUT2D eigenvalue weighted by molar-refractivity contribution is 0.316. The monoisotopic (exact) mass is 460 g/mol. The number of aromatic nitrogens is 2. The number of fused-ring (bicyclic) bond motifs is 1. The van der Waals surface area contributed by atoms with Gasteiger partial charge in [-0.1, -0.05) is 41.9 Å². The Morgan fingerprint density at radius 1 is 1.00 bits per heavy atom. The molecule has 0 aliphatic rings. The van der Waals surface area contributed by atoms with Gasteiger partial charge in [-0.15, -0.1) is 0 Å². The van der Waals surface area contributed by atoms with Gasteiger partial charge in [0.25, 0.3) is 0 Å². The molecule has 7 heteroatoms. The lowest BCUT2D eigenvalue weighted by atomic mass is 10.2. The minimum absolute atomic E-state index is 0.495. The summed E-state index contributed by atoms with van der Waals surface area (Å²) in [6, 6.07) is 9.60. The molecule has 152 valence electrons. The van der Waals surface area contributed by atoms with Crippen LogP contribution >= 0.6 is 15.9 Å². The van der Waals surface area contributed by atoms with Crippen LogP contribution in [-0.2, 0) is 0 Å². The highest BCUT2D eigenvalue weighted by molar-refractivity contribution is 9.10. The molecule has 0 spiro atoms. The van der Waals surface area contributed by atoms with Gasteiger partial charge in [0.1, 0.15) is 5.82 Å². The van der Waals surface area contributed by atoms with Crippen molar-refractivity contribution in [3.05, 3.63) is 63.9 Å². The predicted octanol–water partition coefficient (Wildman–Crippen LogP) is 5.59. The van der Waals surface area contributed by atoms with Gasteiger partial charge in [0.15, 0.2) is 17.5 Å². The van der Waals surface area contributed by atoms with Crippen LogP contribution in [0.3, 0.4) is 0 Å². The van der Waals surface area contributed by atoms with E-state index in [2.05, 4.69) is 50.0 Å². The molecule has 0 unspecified atom stereocenters. The topological polar surface area (TPSA) is 41.0 Å². The molecule has 1 heterocycles. The molecule has 3 aromatic rings. The van der Waals surface area contributed by atoms with E-state index >= 15 is 0 Å². The normalized spacial score (nSPS) is 11.7. The van der Waals surface area contributed by atoms with Gasteiger partial charge in [0.05, 0.1) is 5.52 Å². The van der Waals surface area contributed by atoms with Crippen LogP contribution in [0.4, 0.5) is 14.6 Å². The first-order valence-electron chi connectivity index (χ1n) is 9.56. The van der Waals surface area contributed by atoms with Crippen LogP contribution in [0.5, 0.6) is 0 Å². The van der Waals surface area contributed by atoms with Gasteiger partial charge in [-0.05, 0) is 55.1 Å². The molecule has 0 radical (unpaired) electrons. The molecular formula is C22H23BrF2N4. The van der Waals surface area contributed by atoms with Crippen LogP contribution in [0.15, 0.2) is 40.9 Å². The Balaban J connectivity index is 1.88. The van der Waals surface area contributed by atoms with E-state index in [9.17, 15) is 8.78 Å². The number of benzene rings is 2. The summed E-state index contributed by atoms with van der Waals surface area (Å²) in [5.74, 6) is -0.507. The molecule has 1 N–H and O–H groups in total. The van der Waals surface area contributed by atoms with Crippen LogP contribution in [0.2, 0.25) is 0 Å². The molecule has 0 aliphatic heterocycles. The smallest absolute Gasteiger partial charge is 0.159 e. The van der Waals surface area contributed by atoms with Crippen molar-refractivity contribution in [2.75, 3.05) is 31.5 Å². The van der Waals surface area contributed by atoms with Crippen molar-refractivity contribution in [1.82, 2.24) is 14.9 Å². The second-order valence-corrected chi connectivity index (χ2v) is 7.47. The van der Waals surface area contributed by atoms with Crippen LogP contribution < -0.4 is 5.32 Å². The van der Waals surface area contributed by atoms with E-state index in [1.54, 1.807) is 12.2 Å². The van der Waals surface area contributed by atoms with Crippen molar-refractivity contribution in [3.63, 3.8) is 0 Å². The Morgan fingerprint density at radius 3 is 2.52 bits per heavy atom. The third kappa shape index (κ3) is 5.58. The first kappa shape index (κ1) is 21.3. The van der Waals surface area contributed by atoms with Crippen molar-refractivity contribution in [2.24, 2.45) is 0 Å². The summed E-state index contributed by atoms with van der Waals surface area (Å²) in [6.45, 7) is 7.94. The first-order valence-corrected chi connectivity index (χ1v) is 10.4. The van der Waals surface area contributed by atoms with Gasteiger partial charge >= 0.3 is 0 Å². The van der Waals surface area contributed by atoms with E-state index in [1.807, 2.05) is 18.2 Å². The van der Waals surface area contributed by atoms with Gasteiger partial charge < -0.3 is 10.2 Å². The maximum Gasteiger partial charge on any atom is 0.159 e. The minimum atomic E-state index is -0.879. The largest absolute Gasteiger partial charge is 0.368 e. The molecule has 3 rings (SSSR count). The van der Waals surface area contributed by atoms with Crippen molar-refractivity contribution >= 4 is 44.8 Å². The fourth-order valence-electron chi connectivity index (χ4n) is 2.99. The molecule has 0 aliphatic carbocycles. The van der Waals surface area contributed by atoms with E-state index in [-0.39, 0.29) is 0 Å². The van der Waals surface area contributed by atoms with E-state index < -0.39 is 11.6 Å². The summed E-state index contributed by atoms with van der Waals surface area (Å²) in [4.78, 5) is 11.5. The van der Waals surface area contributed by atoms with Crippen molar-refractivity contribution in [2.45, 2.75) is 13.8 Å². The highest BCUT2D eigenvalue weighted by atomic mass is 79.9. The number of halogens is 3. The summed E-state index contributed by atoms with van der Waals surface area (Å²) in [6.07, 6.45) is 3.37. The molecule has 0 fully saturated rings. The van der Waals surface area contributed by atoms with Crippen LogP contribution in [-0.4, -0.2) is 41.0 Å². The average Bonchev–Trinajstić information content (AvgIpc) is 2.72. The van der Waals surface area contributed by atoms with Gasteiger partial charge in [0.2, 0.25) is 0 Å². The number of likely N-dealkylation sites (N-methyl/N-ethyl adjacent to an activating group) is 1. The molecule has 29 heavy (non-hydrogen) atoms. The SMILES string of the molecule is CCN(CC)CCNc1nc(C=Cc2ccc(F)c(F)c2)nc2ccc(Br)cc12. The van der Waals surface area contributed by atoms with Crippen molar-refractivity contribution in [1.29, 1.82) is 0 Å². The van der Waals surface area contributed by atoms with Crippen LogP contribution in [0.1, 0.15) is 25.2 Å². The second kappa shape index (κ2) is 9.89. The van der Waals surface area contributed by atoms with E-state index in [1.165, 1.54) is 6.07 Å². The number of hydrogen-bond acceptors (Lipinski definition) is 4. The van der Waals surface area contributed by atoms with Crippen molar-refractivity contribution < 1.29 is 8.78 Å². The lowest BCUT2D eigenvalue weighted by Crippen LogP contribution is -2.28. The van der Waals surface area contributed by atoms with Crippen LogP contribution in [0, 0.1) is 11.6 Å². The zero-order chi connectivity index (χ0) is 20.8. The minimum Gasteiger partial charge on any atom is -0.368 e. The maximum absolute atomic E-state index is 13.4. The number of hydrogen-bond donors (Lipinski definition) is 1. The third-order valence-electron chi connectivity index (χ3n) is 4.66. The number of nitrogens with one attached hydrogen (secondary N) is 1. The molecule has 0 bridgehead atoms. The number of anilines is 1. The molecule has 0 amide bonds. The first-order chi connectivity index (χ1) is 14.0. The van der Waals surface area contributed by atoms with Gasteiger partial charge in [0, 0.05) is 22.9 Å². The quantitative estimate of drug-likeness (QED) is 0.475. The number of nitrogens with zero attached hydrogens (tertiary/aromatic N) is 3. The zero-order valence-corrected chi connectivity index (χ0v) is 18.0. The van der Waals surface area contributed by atoms with Crippen molar-refractivity contribution in [3.8, 4) is 0 Å². The highest BCUT2D eigenvalue weighted by Gasteiger charge is 2.08. The molecule has 2 aromatic carbocycles. The standard InChI is InChI=1S/C22H23BrF2N4/c1-3-29(4-2)12-11-26-22-17-14-16(23)7-9-20(17)27-21(28-22)10-6-15-5-8-18(24)19(25)13-15/h5-10,13-14H,3-4,11-12H2,1-2H3,(H,26,27,28). The fraction of sp³-hybridized carbons (Fsp3) is 0.273. The summed E-state index contributed by atoms with van der Waals surface area (Å²) in [5.41, 5.74) is 1.35. The highest BCUT2D eigenvalue weighted by Crippen LogP contribution is 2.25. The fourth-order valence-corrected chi connectivity index (χ4v) is 3.35. The average molecular weight is 461 g/mol. The van der Waals surface area contributed by atoms with E-state index in [4.69, 9.17) is 0 Å². The summed E-state index contributed by atoms with van der Waals surface area (Å²) < 4.78 is 27.5. The summed E-state index contributed by atoms with van der Waals surface area (Å²) in [5, 5.41) is 4.33. The predicted molar refractivity (Wildman–Crippen MR) is 119 cm³/mol. The Hall–Kier alpha value is -2.38. The maximum atomic E-state index is 13.4. The van der Waals surface area contributed by atoms with Crippen LogP contribution in [0.25, 0.3) is 23.1 Å². The molecule has 0 saturated heterocycles. The molecule has 4 nitrogen and oxygen atoms in total.